The van der Waals surface area contributed by atoms with Gasteiger partial charge in [0.2, 0.25) is 0 Å². The third-order valence-electron chi connectivity index (χ3n) is 6.02. The van der Waals surface area contributed by atoms with Gasteiger partial charge in [0.15, 0.2) is 0 Å². The molecule has 2 fully saturated rings. The molecule has 31 heavy (non-hydrogen) atoms. The van der Waals surface area contributed by atoms with Crippen LogP contribution in [0.2, 0.25) is 0 Å². The average molecular weight is 425 g/mol. The highest BCUT2D eigenvalue weighted by molar-refractivity contribution is 6.46. The second kappa shape index (κ2) is 8.41. The summed E-state index contributed by atoms with van der Waals surface area (Å²) in [6.45, 7) is 0. The van der Waals surface area contributed by atoms with Crippen molar-refractivity contribution in [3.63, 3.8) is 0 Å². The number of carbonyl (C=O) groups excluding carboxylic acids is 2. The van der Waals surface area contributed by atoms with E-state index in [4.69, 9.17) is 9.47 Å². The maximum absolute atomic E-state index is 14.0. The molecule has 4 rings (SSSR count). The molecular weight excluding hydrogens is 401 g/mol. The van der Waals surface area contributed by atoms with Gasteiger partial charge in [-0.05, 0) is 48.7 Å². The number of carbonyl (C=O) groups is 2. The third kappa shape index (κ3) is 3.65. The van der Waals surface area contributed by atoms with Crippen molar-refractivity contribution in [2.75, 3.05) is 14.2 Å². The van der Waals surface area contributed by atoms with Crippen LogP contribution in [0, 0.1) is 5.82 Å². The minimum atomic E-state index is -0.800. The Morgan fingerprint density at radius 2 is 1.81 bits per heavy atom. The molecule has 0 spiro atoms. The van der Waals surface area contributed by atoms with E-state index in [0.29, 0.717) is 11.3 Å². The van der Waals surface area contributed by atoms with E-state index in [1.165, 1.54) is 26.4 Å². The van der Waals surface area contributed by atoms with Gasteiger partial charge in [-0.1, -0.05) is 25.0 Å². The standard InChI is InChI=1S/C24H24FNO5/c1-30-17-9-5-6-14(12-17)21-20(22(27)18-13-15(25)10-11-19(18)31-2)23(28)24(29)26(21)16-7-3-4-8-16/h5-6,9-13,16,21,27H,3-4,7-8H2,1-2H3/b22-20+. The molecule has 0 bridgehead atoms. The second-order valence-electron chi connectivity index (χ2n) is 7.77. The summed E-state index contributed by atoms with van der Waals surface area (Å²) >= 11 is 0. The van der Waals surface area contributed by atoms with Crippen molar-refractivity contribution in [2.45, 2.75) is 37.8 Å². The number of ether oxygens (including phenoxy) is 2. The Hall–Kier alpha value is -3.35. The molecule has 1 unspecified atom stereocenters. The molecule has 1 atom stereocenters. The van der Waals surface area contributed by atoms with Gasteiger partial charge in [0.1, 0.15) is 23.1 Å². The SMILES string of the molecule is COc1cccc(C2/C(=C(\O)c3cc(F)ccc3OC)C(=O)C(=O)N2C2CCCC2)c1. The zero-order valence-electron chi connectivity index (χ0n) is 17.4. The molecular formula is C24H24FNO5. The van der Waals surface area contributed by atoms with Gasteiger partial charge in [-0.15, -0.1) is 0 Å². The molecule has 1 saturated heterocycles. The molecule has 1 aliphatic carbocycles. The van der Waals surface area contributed by atoms with Crippen LogP contribution < -0.4 is 9.47 Å². The predicted molar refractivity (Wildman–Crippen MR) is 112 cm³/mol. The number of hydrogen-bond acceptors (Lipinski definition) is 5. The minimum Gasteiger partial charge on any atom is -0.507 e. The fourth-order valence-corrected chi connectivity index (χ4v) is 4.56. The molecule has 7 heteroatoms. The molecule has 1 heterocycles. The van der Waals surface area contributed by atoms with Gasteiger partial charge >= 0.3 is 0 Å². The number of aliphatic hydroxyl groups excluding tert-OH is 1. The molecule has 2 aromatic rings. The second-order valence-corrected chi connectivity index (χ2v) is 7.77. The van der Waals surface area contributed by atoms with Crippen LogP contribution in [0.4, 0.5) is 4.39 Å². The Bertz CT molecular complexity index is 1060. The monoisotopic (exact) mass is 425 g/mol. The molecule has 1 aliphatic heterocycles. The lowest BCUT2D eigenvalue weighted by Gasteiger charge is -2.31. The van der Waals surface area contributed by atoms with Crippen molar-refractivity contribution >= 4 is 17.4 Å². The van der Waals surface area contributed by atoms with Crippen LogP contribution in [-0.2, 0) is 9.59 Å². The van der Waals surface area contributed by atoms with E-state index in [0.717, 1.165) is 31.7 Å². The van der Waals surface area contributed by atoms with Crippen molar-refractivity contribution in [3.8, 4) is 11.5 Å². The van der Waals surface area contributed by atoms with E-state index in [-0.39, 0.29) is 22.9 Å². The molecule has 6 nitrogen and oxygen atoms in total. The van der Waals surface area contributed by atoms with E-state index < -0.39 is 29.3 Å². The largest absolute Gasteiger partial charge is 0.507 e. The molecule has 162 valence electrons. The van der Waals surface area contributed by atoms with Crippen molar-refractivity contribution in [2.24, 2.45) is 0 Å². The summed E-state index contributed by atoms with van der Waals surface area (Å²) in [5, 5.41) is 11.2. The summed E-state index contributed by atoms with van der Waals surface area (Å²) in [6, 6.07) is 9.83. The summed E-state index contributed by atoms with van der Waals surface area (Å²) in [5.41, 5.74) is 0.594. The molecule has 1 saturated carbocycles. The summed E-state index contributed by atoms with van der Waals surface area (Å²) in [6.07, 6.45) is 3.51. The Morgan fingerprint density at radius 3 is 2.48 bits per heavy atom. The first-order chi connectivity index (χ1) is 15.0. The number of halogens is 1. The number of ketones is 1. The van der Waals surface area contributed by atoms with Gasteiger partial charge in [0.05, 0.1) is 31.4 Å². The fraction of sp³-hybridized carbons (Fsp3) is 0.333. The third-order valence-corrected chi connectivity index (χ3v) is 6.02. The van der Waals surface area contributed by atoms with Crippen LogP contribution in [0.5, 0.6) is 11.5 Å². The van der Waals surface area contributed by atoms with Gasteiger partial charge in [-0.25, -0.2) is 4.39 Å². The number of amides is 1. The topological polar surface area (TPSA) is 76.1 Å². The number of nitrogens with zero attached hydrogens (tertiary/aromatic N) is 1. The van der Waals surface area contributed by atoms with Crippen molar-refractivity contribution in [1.82, 2.24) is 4.90 Å². The highest BCUT2D eigenvalue weighted by Crippen LogP contribution is 2.44. The quantitative estimate of drug-likeness (QED) is 0.441. The maximum atomic E-state index is 14.0. The van der Waals surface area contributed by atoms with E-state index in [1.807, 2.05) is 0 Å². The Kier molecular flexibility index (Phi) is 5.67. The van der Waals surface area contributed by atoms with Crippen LogP contribution >= 0.6 is 0 Å². The van der Waals surface area contributed by atoms with Gasteiger partial charge in [-0.3, -0.25) is 9.59 Å². The lowest BCUT2D eigenvalue weighted by Crippen LogP contribution is -2.37. The molecule has 1 N–H and O–H groups in total. The zero-order valence-corrected chi connectivity index (χ0v) is 17.4. The van der Waals surface area contributed by atoms with Gasteiger partial charge in [0.25, 0.3) is 11.7 Å². The van der Waals surface area contributed by atoms with Gasteiger partial charge in [-0.2, -0.15) is 0 Å². The Labute approximate surface area is 179 Å². The number of Topliss-reactive ketones (excluding diaryl/α,β-unsaturated/α-hetero) is 1. The number of rotatable bonds is 5. The van der Waals surface area contributed by atoms with Crippen LogP contribution in [0.3, 0.4) is 0 Å². The summed E-state index contributed by atoms with van der Waals surface area (Å²) in [7, 11) is 2.92. The smallest absolute Gasteiger partial charge is 0.295 e. The number of aliphatic hydroxyl groups is 1. The highest BCUT2D eigenvalue weighted by atomic mass is 19.1. The molecule has 2 aromatic carbocycles. The van der Waals surface area contributed by atoms with Gasteiger partial charge < -0.3 is 19.5 Å². The highest BCUT2D eigenvalue weighted by Gasteiger charge is 2.49. The van der Waals surface area contributed by atoms with E-state index in [1.54, 1.807) is 29.2 Å². The number of likely N-dealkylation sites (tertiary alicyclic amines) is 1. The Balaban J connectivity index is 1.94. The first kappa shape index (κ1) is 20.9. The molecule has 1 amide bonds. The maximum Gasteiger partial charge on any atom is 0.295 e. The molecule has 0 aromatic heterocycles. The Morgan fingerprint density at radius 1 is 1.06 bits per heavy atom. The van der Waals surface area contributed by atoms with E-state index in [9.17, 15) is 19.1 Å². The fourth-order valence-electron chi connectivity index (χ4n) is 4.56. The summed E-state index contributed by atoms with van der Waals surface area (Å²) in [4.78, 5) is 27.8. The van der Waals surface area contributed by atoms with Crippen LogP contribution in [0.25, 0.3) is 5.76 Å². The number of hydrogen-bond donors (Lipinski definition) is 1. The van der Waals surface area contributed by atoms with E-state index in [2.05, 4.69) is 0 Å². The number of methoxy groups -OCH3 is 2. The van der Waals surface area contributed by atoms with Gasteiger partial charge in [0, 0.05) is 6.04 Å². The molecule has 0 radical (unpaired) electrons. The summed E-state index contributed by atoms with van der Waals surface area (Å²) in [5.74, 6) is -1.72. The normalized spacial score (nSPS) is 21.0. The van der Waals surface area contributed by atoms with Crippen molar-refractivity contribution < 1.29 is 28.6 Å². The first-order valence-electron chi connectivity index (χ1n) is 10.2. The lowest BCUT2D eigenvalue weighted by molar-refractivity contribution is -0.141. The summed E-state index contributed by atoms with van der Waals surface area (Å²) < 4.78 is 24.6. The lowest BCUT2D eigenvalue weighted by atomic mass is 9.94. The minimum absolute atomic E-state index is 0.0276. The first-order valence-corrected chi connectivity index (χ1v) is 10.2. The molecule has 2 aliphatic rings. The van der Waals surface area contributed by atoms with Crippen LogP contribution in [-0.4, -0.2) is 42.0 Å². The average Bonchev–Trinajstić information content (AvgIpc) is 3.40. The predicted octanol–water partition coefficient (Wildman–Crippen LogP) is 4.21. The van der Waals surface area contributed by atoms with Crippen molar-refractivity contribution in [1.29, 1.82) is 0 Å². The van der Waals surface area contributed by atoms with E-state index >= 15 is 0 Å². The number of benzene rings is 2. The van der Waals surface area contributed by atoms with Crippen LogP contribution in [0.1, 0.15) is 42.9 Å². The van der Waals surface area contributed by atoms with Crippen LogP contribution in [0.15, 0.2) is 48.0 Å². The zero-order chi connectivity index (χ0) is 22.1. The van der Waals surface area contributed by atoms with Crippen molar-refractivity contribution in [3.05, 3.63) is 65.0 Å².